The molecule has 1 aliphatic rings. The van der Waals surface area contributed by atoms with Crippen molar-refractivity contribution in [1.29, 1.82) is 0 Å². The lowest BCUT2D eigenvalue weighted by atomic mass is 10.0. The monoisotopic (exact) mass is 371 g/mol. The van der Waals surface area contributed by atoms with Crippen molar-refractivity contribution in [3.8, 4) is 11.5 Å². The molecule has 1 fully saturated rings. The van der Waals surface area contributed by atoms with E-state index in [0.29, 0.717) is 34.5 Å². The van der Waals surface area contributed by atoms with Gasteiger partial charge in [-0.3, -0.25) is 4.79 Å². The molecule has 1 N–H and O–H groups in total. The summed E-state index contributed by atoms with van der Waals surface area (Å²) in [5.41, 5.74) is 0.373. The summed E-state index contributed by atoms with van der Waals surface area (Å²) >= 11 is 3.34. The van der Waals surface area contributed by atoms with Gasteiger partial charge in [0.2, 0.25) is 0 Å². The molecule has 0 saturated carbocycles. The summed E-state index contributed by atoms with van der Waals surface area (Å²) in [5, 5.41) is 9.29. The molecule has 120 valence electrons. The summed E-state index contributed by atoms with van der Waals surface area (Å²) in [5.74, 6) is -0.363. The molecule has 6 nitrogen and oxygen atoms in total. The van der Waals surface area contributed by atoms with Gasteiger partial charge in [0.15, 0.2) is 11.5 Å². The normalized spacial score (nSPS) is 18.0. The minimum atomic E-state index is -0.965. The summed E-state index contributed by atoms with van der Waals surface area (Å²) in [7, 11) is 2.99. The summed E-state index contributed by atoms with van der Waals surface area (Å²) in [6.45, 7) is 0.446. The molecule has 0 unspecified atom stereocenters. The third-order valence-electron chi connectivity index (χ3n) is 3.73. The Morgan fingerprint density at radius 1 is 1.27 bits per heavy atom. The highest BCUT2D eigenvalue weighted by Crippen LogP contribution is 2.37. The molecule has 0 aliphatic carbocycles. The van der Waals surface area contributed by atoms with Crippen LogP contribution in [0, 0.1) is 0 Å². The van der Waals surface area contributed by atoms with Gasteiger partial charge in [-0.1, -0.05) is 0 Å². The molecule has 1 aliphatic heterocycles. The van der Waals surface area contributed by atoms with E-state index in [1.54, 1.807) is 12.1 Å². The van der Waals surface area contributed by atoms with Gasteiger partial charge in [-0.15, -0.1) is 0 Å². The predicted molar refractivity (Wildman–Crippen MR) is 83.6 cm³/mol. The van der Waals surface area contributed by atoms with Gasteiger partial charge in [0.25, 0.3) is 5.91 Å². The first kappa shape index (κ1) is 16.6. The highest BCUT2D eigenvalue weighted by Gasteiger charge is 2.33. The maximum atomic E-state index is 12.7. The van der Waals surface area contributed by atoms with Crippen molar-refractivity contribution in [1.82, 2.24) is 4.90 Å². The van der Waals surface area contributed by atoms with E-state index in [4.69, 9.17) is 9.47 Å². The number of aliphatic carboxylic acids is 1. The lowest BCUT2D eigenvalue weighted by Crippen LogP contribution is -2.48. The lowest BCUT2D eigenvalue weighted by molar-refractivity contribution is -0.143. The Hall–Kier alpha value is -1.76. The number of hydrogen-bond donors (Lipinski definition) is 1. The standard InChI is InChI=1S/C15H18BrNO5/c1-21-12-8-9(7-10(16)13(12)22-2)14(18)17-6-4-3-5-11(17)15(19)20/h7-8,11H,3-6H2,1-2H3,(H,19,20)/t11-/m1/s1. The molecular formula is C15H18BrNO5. The van der Waals surface area contributed by atoms with E-state index in [2.05, 4.69) is 15.9 Å². The number of ether oxygens (including phenoxy) is 2. The van der Waals surface area contributed by atoms with Crippen LogP contribution in [0.15, 0.2) is 16.6 Å². The second-order valence-corrected chi connectivity index (χ2v) is 5.90. The molecule has 22 heavy (non-hydrogen) atoms. The number of rotatable bonds is 4. The van der Waals surface area contributed by atoms with Gasteiger partial charge in [0.1, 0.15) is 6.04 Å². The molecule has 7 heteroatoms. The molecule has 0 aromatic heterocycles. The molecule has 0 bridgehead atoms. The maximum Gasteiger partial charge on any atom is 0.326 e. The minimum Gasteiger partial charge on any atom is -0.493 e. The number of carbonyl (C=O) groups excluding carboxylic acids is 1. The van der Waals surface area contributed by atoms with Crippen molar-refractivity contribution in [2.45, 2.75) is 25.3 Å². The van der Waals surface area contributed by atoms with Gasteiger partial charge in [-0.2, -0.15) is 0 Å². The Bertz CT molecular complexity index is 590. The first-order valence-corrected chi connectivity index (χ1v) is 7.74. The van der Waals surface area contributed by atoms with Crippen LogP contribution in [0.2, 0.25) is 0 Å². The minimum absolute atomic E-state index is 0.311. The smallest absolute Gasteiger partial charge is 0.326 e. The fourth-order valence-electron chi connectivity index (χ4n) is 2.64. The van der Waals surface area contributed by atoms with Crippen LogP contribution in [0.4, 0.5) is 0 Å². The number of halogens is 1. The highest BCUT2D eigenvalue weighted by atomic mass is 79.9. The van der Waals surface area contributed by atoms with Crippen LogP contribution < -0.4 is 9.47 Å². The van der Waals surface area contributed by atoms with Crippen LogP contribution in [0.5, 0.6) is 11.5 Å². The molecular weight excluding hydrogens is 354 g/mol. The van der Waals surface area contributed by atoms with Gasteiger partial charge in [-0.05, 0) is 47.3 Å². The summed E-state index contributed by atoms with van der Waals surface area (Å²) in [6, 6.07) is 2.42. The van der Waals surface area contributed by atoms with E-state index in [9.17, 15) is 14.7 Å². The van der Waals surface area contributed by atoms with Crippen LogP contribution in [0.25, 0.3) is 0 Å². The SMILES string of the molecule is COc1cc(C(=O)N2CCCC[C@@H]2C(=O)O)cc(Br)c1OC. The fourth-order valence-corrected chi connectivity index (χ4v) is 3.24. The van der Waals surface area contributed by atoms with Crippen molar-refractivity contribution in [3.05, 3.63) is 22.2 Å². The number of benzene rings is 1. The zero-order valence-corrected chi connectivity index (χ0v) is 14.1. The molecule has 1 saturated heterocycles. The number of likely N-dealkylation sites (tertiary alicyclic amines) is 1. The molecule has 0 radical (unpaired) electrons. The number of carboxylic acid groups (broad SMARTS) is 1. The fraction of sp³-hybridized carbons (Fsp3) is 0.467. The number of piperidine rings is 1. The number of nitrogens with zero attached hydrogens (tertiary/aromatic N) is 1. The van der Waals surface area contributed by atoms with E-state index in [0.717, 1.165) is 12.8 Å². The lowest BCUT2D eigenvalue weighted by Gasteiger charge is -2.33. The first-order chi connectivity index (χ1) is 10.5. The first-order valence-electron chi connectivity index (χ1n) is 6.95. The van der Waals surface area contributed by atoms with E-state index in [1.165, 1.54) is 19.1 Å². The molecule has 1 amide bonds. The van der Waals surface area contributed by atoms with Gasteiger partial charge < -0.3 is 19.5 Å². The Morgan fingerprint density at radius 2 is 2.00 bits per heavy atom. The molecule has 1 aromatic rings. The zero-order chi connectivity index (χ0) is 16.3. The Kier molecular flexibility index (Phi) is 5.28. The Morgan fingerprint density at radius 3 is 2.59 bits per heavy atom. The number of methoxy groups -OCH3 is 2. The molecule has 1 heterocycles. The molecule has 1 atom stereocenters. The third-order valence-corrected chi connectivity index (χ3v) is 4.32. The summed E-state index contributed by atoms with van der Waals surface area (Å²) < 4.78 is 11.0. The Labute approximate surface area is 137 Å². The maximum absolute atomic E-state index is 12.7. The quantitative estimate of drug-likeness (QED) is 0.879. The average Bonchev–Trinajstić information content (AvgIpc) is 2.53. The van der Waals surface area contributed by atoms with Crippen molar-refractivity contribution in [3.63, 3.8) is 0 Å². The number of carboxylic acids is 1. The van der Waals surface area contributed by atoms with Crippen LogP contribution in [0.3, 0.4) is 0 Å². The van der Waals surface area contributed by atoms with Crippen LogP contribution in [-0.2, 0) is 4.79 Å². The van der Waals surface area contributed by atoms with E-state index < -0.39 is 12.0 Å². The highest BCUT2D eigenvalue weighted by molar-refractivity contribution is 9.10. The summed E-state index contributed by atoms with van der Waals surface area (Å²) in [4.78, 5) is 25.4. The largest absolute Gasteiger partial charge is 0.493 e. The number of amides is 1. The number of carbonyl (C=O) groups is 2. The van der Waals surface area contributed by atoms with Gasteiger partial charge in [-0.25, -0.2) is 4.79 Å². The van der Waals surface area contributed by atoms with Crippen molar-refractivity contribution in [2.75, 3.05) is 20.8 Å². The Balaban J connectivity index is 2.36. The molecule has 0 spiro atoms. The second kappa shape index (κ2) is 7.00. The van der Waals surface area contributed by atoms with Crippen LogP contribution in [-0.4, -0.2) is 48.7 Å². The van der Waals surface area contributed by atoms with E-state index >= 15 is 0 Å². The van der Waals surface area contributed by atoms with Crippen molar-refractivity contribution >= 4 is 27.8 Å². The zero-order valence-electron chi connectivity index (χ0n) is 12.5. The number of hydrogen-bond acceptors (Lipinski definition) is 4. The van der Waals surface area contributed by atoms with Gasteiger partial charge >= 0.3 is 5.97 Å². The third kappa shape index (κ3) is 3.19. The average molecular weight is 372 g/mol. The predicted octanol–water partition coefficient (Wildman–Crippen LogP) is 2.55. The molecule has 2 rings (SSSR count). The van der Waals surface area contributed by atoms with Crippen molar-refractivity contribution in [2.24, 2.45) is 0 Å². The van der Waals surface area contributed by atoms with Crippen LogP contribution in [0.1, 0.15) is 29.6 Å². The summed E-state index contributed by atoms with van der Waals surface area (Å²) in [6.07, 6.45) is 2.11. The topological polar surface area (TPSA) is 76.1 Å². The van der Waals surface area contributed by atoms with E-state index in [1.807, 2.05) is 0 Å². The van der Waals surface area contributed by atoms with Crippen molar-refractivity contribution < 1.29 is 24.2 Å². The van der Waals surface area contributed by atoms with Gasteiger partial charge in [0.05, 0.1) is 18.7 Å². The van der Waals surface area contributed by atoms with Gasteiger partial charge in [0, 0.05) is 12.1 Å². The molecule has 1 aromatic carbocycles. The van der Waals surface area contributed by atoms with E-state index in [-0.39, 0.29) is 5.91 Å². The van der Waals surface area contributed by atoms with Crippen LogP contribution >= 0.6 is 15.9 Å². The second-order valence-electron chi connectivity index (χ2n) is 5.04.